The molecule has 0 aliphatic rings. The van der Waals surface area contributed by atoms with Crippen molar-refractivity contribution in [2.24, 2.45) is 0 Å². The van der Waals surface area contributed by atoms with Crippen molar-refractivity contribution in [3.05, 3.63) is 130 Å². The number of nitrogens with zero attached hydrogens (tertiary/aromatic N) is 2. The highest BCUT2D eigenvalue weighted by atomic mass is 35.5. The van der Waals surface area contributed by atoms with Gasteiger partial charge >= 0.3 is 0 Å². The zero-order chi connectivity index (χ0) is 26.1. The predicted octanol–water partition coefficient (Wildman–Crippen LogP) is 6.39. The van der Waals surface area contributed by atoms with Crippen molar-refractivity contribution in [1.82, 2.24) is 20.3 Å². The highest BCUT2D eigenvalue weighted by molar-refractivity contribution is 6.35. The second-order valence-electron chi connectivity index (χ2n) is 8.90. The van der Waals surface area contributed by atoms with E-state index in [1.807, 2.05) is 91.0 Å². The van der Waals surface area contributed by atoms with Crippen LogP contribution in [-0.2, 0) is 6.54 Å². The van der Waals surface area contributed by atoms with Crippen LogP contribution in [0, 0.1) is 0 Å². The summed E-state index contributed by atoms with van der Waals surface area (Å²) in [6, 6.07) is 30.5. The lowest BCUT2D eigenvalue weighted by molar-refractivity contribution is 0.0949. The molecule has 0 bridgehead atoms. The molecule has 0 radical (unpaired) electrons. The smallest absolute Gasteiger partial charge is 0.262 e. The zero-order valence-corrected chi connectivity index (χ0v) is 20.9. The van der Waals surface area contributed by atoms with Gasteiger partial charge in [0.1, 0.15) is 11.2 Å². The quantitative estimate of drug-likeness (QED) is 0.278. The van der Waals surface area contributed by atoms with E-state index in [1.165, 1.54) is 0 Å². The van der Waals surface area contributed by atoms with Crippen LogP contribution < -0.4 is 10.9 Å². The summed E-state index contributed by atoms with van der Waals surface area (Å²) in [7, 11) is 0. The van der Waals surface area contributed by atoms with Crippen molar-refractivity contribution in [1.29, 1.82) is 0 Å². The number of benzene rings is 3. The fourth-order valence-electron chi connectivity index (χ4n) is 4.52. The molecule has 3 aromatic carbocycles. The van der Waals surface area contributed by atoms with Gasteiger partial charge in [-0.3, -0.25) is 14.6 Å². The second-order valence-corrected chi connectivity index (χ2v) is 9.31. The number of rotatable bonds is 5. The summed E-state index contributed by atoms with van der Waals surface area (Å²) in [5.41, 5.74) is 4.82. The van der Waals surface area contributed by atoms with Crippen molar-refractivity contribution in [2.45, 2.75) is 6.54 Å². The molecule has 6 rings (SSSR count). The molecule has 38 heavy (non-hydrogen) atoms. The molecule has 0 atom stereocenters. The van der Waals surface area contributed by atoms with Gasteiger partial charge in [0.15, 0.2) is 0 Å². The van der Waals surface area contributed by atoms with Crippen LogP contribution in [-0.4, -0.2) is 20.9 Å². The lowest BCUT2D eigenvalue weighted by atomic mass is 9.96. The van der Waals surface area contributed by atoms with Gasteiger partial charge in [0.25, 0.3) is 11.5 Å². The molecular weight excluding hydrogens is 496 g/mol. The van der Waals surface area contributed by atoms with E-state index >= 15 is 0 Å². The second kappa shape index (κ2) is 9.92. The number of carbonyl (C=O) groups excluding carboxylic acids is 1. The Kier molecular flexibility index (Phi) is 6.15. The topological polar surface area (TPSA) is 87.7 Å². The van der Waals surface area contributed by atoms with Crippen LogP contribution in [0.2, 0.25) is 5.02 Å². The molecule has 0 aliphatic carbocycles. The summed E-state index contributed by atoms with van der Waals surface area (Å²) in [5, 5.41) is 4.89. The average molecular weight is 517 g/mol. The maximum Gasteiger partial charge on any atom is 0.262 e. The van der Waals surface area contributed by atoms with Gasteiger partial charge < -0.3 is 10.3 Å². The minimum absolute atomic E-state index is 0.0226. The largest absolute Gasteiger partial charge is 0.348 e. The Hall–Kier alpha value is -4.81. The van der Waals surface area contributed by atoms with Crippen molar-refractivity contribution < 1.29 is 4.79 Å². The van der Waals surface area contributed by atoms with Crippen LogP contribution in [0.5, 0.6) is 0 Å². The van der Waals surface area contributed by atoms with Crippen molar-refractivity contribution >= 4 is 39.4 Å². The van der Waals surface area contributed by atoms with Crippen LogP contribution in [0.3, 0.4) is 0 Å². The molecule has 0 fully saturated rings. The number of nitrogens with one attached hydrogen (secondary N) is 2. The van der Waals surface area contributed by atoms with Gasteiger partial charge in [-0.05, 0) is 41.5 Å². The van der Waals surface area contributed by atoms with Gasteiger partial charge in [0.2, 0.25) is 0 Å². The molecular formula is C31H21ClN4O2. The summed E-state index contributed by atoms with van der Waals surface area (Å²) in [5.74, 6) is -0.453. The van der Waals surface area contributed by atoms with E-state index in [0.717, 1.165) is 33.2 Å². The van der Waals surface area contributed by atoms with E-state index < -0.39 is 11.5 Å². The molecule has 6 nitrogen and oxygen atoms in total. The highest BCUT2D eigenvalue weighted by Crippen LogP contribution is 2.36. The number of aromatic amines is 1. The standard InChI is InChI=1S/C31H21ClN4O2/c32-26-17-22(14-21-12-7-13-33-28(21)26)24-15-23-16-25(30(37)34-18-19-8-3-1-4-9-19)31(38)36-29(23)35-27(24)20-10-5-2-6-11-20/h1-17H,18H2,(H,34,37)(H,35,36,38). The van der Waals surface area contributed by atoms with E-state index in [9.17, 15) is 9.59 Å². The van der Waals surface area contributed by atoms with Crippen molar-refractivity contribution in [3.63, 3.8) is 0 Å². The van der Waals surface area contributed by atoms with Gasteiger partial charge in [-0.15, -0.1) is 0 Å². The fraction of sp³-hybridized carbons (Fsp3) is 0.0323. The molecule has 0 aliphatic heterocycles. The maximum absolute atomic E-state index is 12.9. The average Bonchev–Trinajstić information content (AvgIpc) is 2.96. The number of halogens is 1. The van der Waals surface area contributed by atoms with Crippen LogP contribution in [0.25, 0.3) is 44.3 Å². The number of pyridine rings is 3. The lowest BCUT2D eigenvalue weighted by Gasteiger charge is -2.13. The minimum Gasteiger partial charge on any atom is -0.348 e. The molecule has 3 aromatic heterocycles. The summed E-state index contributed by atoms with van der Waals surface area (Å²) in [6.45, 7) is 0.317. The summed E-state index contributed by atoms with van der Waals surface area (Å²) in [6.07, 6.45) is 1.71. The maximum atomic E-state index is 12.9. The molecule has 0 spiro atoms. The third-order valence-corrected chi connectivity index (χ3v) is 6.67. The summed E-state index contributed by atoms with van der Waals surface area (Å²) < 4.78 is 0. The highest BCUT2D eigenvalue weighted by Gasteiger charge is 2.17. The van der Waals surface area contributed by atoms with E-state index in [0.29, 0.717) is 28.3 Å². The summed E-state index contributed by atoms with van der Waals surface area (Å²) >= 11 is 6.62. The fourth-order valence-corrected chi connectivity index (χ4v) is 4.79. The van der Waals surface area contributed by atoms with E-state index in [4.69, 9.17) is 16.6 Å². The Morgan fingerprint density at radius 1 is 0.842 bits per heavy atom. The Morgan fingerprint density at radius 2 is 1.61 bits per heavy atom. The number of H-pyrrole nitrogens is 1. The molecule has 0 saturated carbocycles. The molecule has 184 valence electrons. The Morgan fingerprint density at radius 3 is 2.39 bits per heavy atom. The lowest BCUT2D eigenvalue weighted by Crippen LogP contribution is -2.29. The van der Waals surface area contributed by atoms with E-state index in [2.05, 4.69) is 15.3 Å². The van der Waals surface area contributed by atoms with Crippen LogP contribution in [0.1, 0.15) is 15.9 Å². The van der Waals surface area contributed by atoms with Gasteiger partial charge in [0, 0.05) is 34.6 Å². The van der Waals surface area contributed by atoms with Gasteiger partial charge in [-0.25, -0.2) is 4.98 Å². The Balaban J connectivity index is 1.49. The van der Waals surface area contributed by atoms with Gasteiger partial charge in [-0.2, -0.15) is 0 Å². The molecule has 1 amide bonds. The molecule has 0 unspecified atom stereocenters. The van der Waals surface area contributed by atoms with E-state index in [-0.39, 0.29) is 5.56 Å². The predicted molar refractivity (Wildman–Crippen MR) is 151 cm³/mol. The normalized spacial score (nSPS) is 11.1. The number of aromatic nitrogens is 3. The third kappa shape index (κ3) is 4.53. The number of amides is 1. The third-order valence-electron chi connectivity index (χ3n) is 6.39. The van der Waals surface area contributed by atoms with Gasteiger partial charge in [-0.1, -0.05) is 78.3 Å². The molecule has 0 saturated heterocycles. The van der Waals surface area contributed by atoms with E-state index in [1.54, 1.807) is 12.3 Å². The molecule has 6 aromatic rings. The first-order chi connectivity index (χ1) is 18.6. The number of fused-ring (bicyclic) bond motifs is 2. The summed E-state index contributed by atoms with van der Waals surface area (Å²) in [4.78, 5) is 37.9. The number of hydrogen-bond donors (Lipinski definition) is 2. The monoisotopic (exact) mass is 516 g/mol. The first-order valence-corrected chi connectivity index (χ1v) is 12.4. The van der Waals surface area contributed by atoms with Crippen LogP contribution >= 0.6 is 11.6 Å². The van der Waals surface area contributed by atoms with Crippen LogP contribution in [0.4, 0.5) is 0 Å². The molecule has 2 N–H and O–H groups in total. The molecule has 3 heterocycles. The number of carbonyl (C=O) groups is 1. The first-order valence-electron chi connectivity index (χ1n) is 12.1. The van der Waals surface area contributed by atoms with Crippen LogP contribution in [0.15, 0.2) is 108 Å². The SMILES string of the molecule is O=C(NCc1ccccc1)c1cc2cc(-c3cc(Cl)c4ncccc4c3)c(-c3ccccc3)nc2[nH]c1=O. The van der Waals surface area contributed by atoms with Crippen molar-refractivity contribution in [3.8, 4) is 22.4 Å². The number of hydrogen-bond acceptors (Lipinski definition) is 4. The Labute approximate surface area is 223 Å². The Bertz CT molecular complexity index is 1870. The van der Waals surface area contributed by atoms with Gasteiger partial charge in [0.05, 0.1) is 16.2 Å². The minimum atomic E-state index is -0.498. The zero-order valence-electron chi connectivity index (χ0n) is 20.1. The van der Waals surface area contributed by atoms with Crippen molar-refractivity contribution in [2.75, 3.05) is 0 Å². The molecule has 7 heteroatoms. The first kappa shape index (κ1) is 23.6.